The summed E-state index contributed by atoms with van der Waals surface area (Å²) in [6.45, 7) is 3.78. The SMILES string of the molecule is C=CCn1c(Sc2nc(N(C)C)cc(C(F)(F)F)n2)nc2sccc2c1=O. The van der Waals surface area contributed by atoms with Gasteiger partial charge in [-0.25, -0.2) is 15.0 Å². The highest BCUT2D eigenvalue weighted by Gasteiger charge is 2.34. The van der Waals surface area contributed by atoms with Crippen molar-refractivity contribution in [3.8, 4) is 0 Å². The summed E-state index contributed by atoms with van der Waals surface area (Å²) in [5.41, 5.74) is -1.35. The Bertz CT molecular complexity index is 1060. The summed E-state index contributed by atoms with van der Waals surface area (Å²) in [6.07, 6.45) is -3.10. The number of fused-ring (bicyclic) bond motifs is 1. The van der Waals surface area contributed by atoms with E-state index < -0.39 is 11.9 Å². The van der Waals surface area contributed by atoms with Crippen LogP contribution in [0.15, 0.2) is 45.3 Å². The van der Waals surface area contributed by atoms with Gasteiger partial charge in [-0.15, -0.1) is 17.9 Å². The monoisotopic (exact) mass is 413 g/mol. The molecule has 0 saturated carbocycles. The molecule has 0 radical (unpaired) electrons. The van der Waals surface area contributed by atoms with E-state index in [1.54, 1.807) is 25.5 Å². The Morgan fingerprint density at radius 2 is 2.07 bits per heavy atom. The molecular formula is C16H14F3N5OS2. The van der Waals surface area contributed by atoms with Crippen LogP contribution >= 0.6 is 23.1 Å². The quantitative estimate of drug-likeness (QED) is 0.470. The lowest BCUT2D eigenvalue weighted by Crippen LogP contribution is -2.22. The zero-order chi connectivity index (χ0) is 19.8. The fourth-order valence-corrected chi connectivity index (χ4v) is 3.88. The lowest BCUT2D eigenvalue weighted by atomic mass is 10.4. The summed E-state index contributed by atoms with van der Waals surface area (Å²) >= 11 is 2.09. The van der Waals surface area contributed by atoms with Crippen molar-refractivity contribution in [3.63, 3.8) is 0 Å². The third-order valence-corrected chi connectivity index (χ3v) is 5.15. The van der Waals surface area contributed by atoms with Gasteiger partial charge in [0.15, 0.2) is 16.0 Å². The van der Waals surface area contributed by atoms with Gasteiger partial charge in [0.05, 0.1) is 5.39 Å². The molecule has 0 aliphatic heterocycles. The number of alkyl halides is 3. The first-order valence-corrected chi connectivity index (χ1v) is 9.30. The summed E-state index contributed by atoms with van der Waals surface area (Å²) < 4.78 is 40.9. The molecule has 0 aromatic carbocycles. The molecule has 0 fully saturated rings. The van der Waals surface area contributed by atoms with E-state index in [1.807, 2.05) is 0 Å². The summed E-state index contributed by atoms with van der Waals surface area (Å²) in [7, 11) is 3.17. The molecule has 11 heteroatoms. The van der Waals surface area contributed by atoms with Crippen LogP contribution in [-0.4, -0.2) is 33.6 Å². The fraction of sp³-hybridized carbons (Fsp3) is 0.250. The van der Waals surface area contributed by atoms with Crippen molar-refractivity contribution in [2.45, 2.75) is 23.0 Å². The van der Waals surface area contributed by atoms with E-state index >= 15 is 0 Å². The van der Waals surface area contributed by atoms with Gasteiger partial charge in [-0.1, -0.05) is 6.08 Å². The second kappa shape index (κ2) is 7.31. The normalized spacial score (nSPS) is 11.7. The molecule has 0 bridgehead atoms. The highest BCUT2D eigenvalue weighted by atomic mass is 32.2. The van der Waals surface area contributed by atoms with E-state index in [4.69, 9.17) is 0 Å². The zero-order valence-electron chi connectivity index (χ0n) is 14.3. The molecule has 6 nitrogen and oxygen atoms in total. The van der Waals surface area contributed by atoms with Crippen LogP contribution in [0.4, 0.5) is 19.0 Å². The first-order chi connectivity index (χ1) is 12.7. The first kappa shape index (κ1) is 19.4. The van der Waals surface area contributed by atoms with Crippen LogP contribution in [-0.2, 0) is 12.7 Å². The van der Waals surface area contributed by atoms with E-state index in [1.165, 1.54) is 26.9 Å². The van der Waals surface area contributed by atoms with Crippen LogP contribution in [0.2, 0.25) is 0 Å². The summed E-state index contributed by atoms with van der Waals surface area (Å²) in [5.74, 6) is 0.106. The van der Waals surface area contributed by atoms with Gasteiger partial charge in [0.2, 0.25) is 0 Å². The lowest BCUT2D eigenvalue weighted by molar-refractivity contribution is -0.141. The fourth-order valence-electron chi connectivity index (χ4n) is 2.21. The maximum Gasteiger partial charge on any atom is 0.433 e. The van der Waals surface area contributed by atoms with Crippen LogP contribution in [0.3, 0.4) is 0 Å². The molecule has 3 rings (SSSR count). The molecule has 27 heavy (non-hydrogen) atoms. The molecule has 142 valence electrons. The minimum Gasteiger partial charge on any atom is -0.363 e. The van der Waals surface area contributed by atoms with Crippen LogP contribution < -0.4 is 10.5 Å². The van der Waals surface area contributed by atoms with E-state index in [0.717, 1.165) is 17.8 Å². The maximum absolute atomic E-state index is 13.2. The Morgan fingerprint density at radius 1 is 1.33 bits per heavy atom. The highest BCUT2D eigenvalue weighted by Crippen LogP contribution is 2.33. The van der Waals surface area contributed by atoms with Gasteiger partial charge < -0.3 is 4.90 Å². The molecule has 0 unspecified atom stereocenters. The van der Waals surface area contributed by atoms with Crippen molar-refractivity contribution in [1.82, 2.24) is 19.5 Å². The maximum atomic E-state index is 13.2. The van der Waals surface area contributed by atoms with Crippen molar-refractivity contribution in [2.75, 3.05) is 19.0 Å². The number of anilines is 1. The molecule has 0 spiro atoms. The van der Waals surface area contributed by atoms with Gasteiger partial charge in [0.1, 0.15) is 10.6 Å². The number of rotatable bonds is 5. The van der Waals surface area contributed by atoms with Gasteiger partial charge in [-0.05, 0) is 23.2 Å². The number of hydrogen-bond donors (Lipinski definition) is 0. The van der Waals surface area contributed by atoms with E-state index in [9.17, 15) is 18.0 Å². The van der Waals surface area contributed by atoms with Crippen LogP contribution in [0.25, 0.3) is 10.2 Å². The van der Waals surface area contributed by atoms with Crippen molar-refractivity contribution in [2.24, 2.45) is 0 Å². The van der Waals surface area contributed by atoms with E-state index in [2.05, 4.69) is 21.5 Å². The molecule has 3 aromatic rings. The van der Waals surface area contributed by atoms with Crippen LogP contribution in [0.5, 0.6) is 0 Å². The molecule has 3 heterocycles. The average molecular weight is 413 g/mol. The van der Waals surface area contributed by atoms with Crippen molar-refractivity contribution < 1.29 is 13.2 Å². The zero-order valence-corrected chi connectivity index (χ0v) is 16.0. The Labute approximate surface area is 160 Å². The predicted molar refractivity (Wildman–Crippen MR) is 99.6 cm³/mol. The third-order valence-electron chi connectivity index (χ3n) is 3.48. The second-order valence-electron chi connectivity index (χ2n) is 5.63. The van der Waals surface area contributed by atoms with E-state index in [-0.39, 0.29) is 28.2 Å². The molecule has 0 aliphatic rings. The Morgan fingerprint density at radius 3 is 2.70 bits per heavy atom. The van der Waals surface area contributed by atoms with Crippen LogP contribution in [0, 0.1) is 0 Å². The van der Waals surface area contributed by atoms with Crippen LogP contribution in [0.1, 0.15) is 5.69 Å². The number of hydrogen-bond acceptors (Lipinski definition) is 7. The summed E-state index contributed by atoms with van der Waals surface area (Å²) in [6, 6.07) is 2.53. The Hall–Kier alpha value is -2.40. The molecule has 3 aromatic heterocycles. The van der Waals surface area contributed by atoms with Crippen molar-refractivity contribution in [3.05, 3.63) is 46.2 Å². The lowest BCUT2D eigenvalue weighted by Gasteiger charge is -2.15. The number of halogens is 3. The molecule has 0 atom stereocenters. The average Bonchev–Trinajstić information content (AvgIpc) is 3.06. The van der Waals surface area contributed by atoms with Crippen molar-refractivity contribution >= 4 is 39.1 Å². The smallest absolute Gasteiger partial charge is 0.363 e. The molecule has 0 N–H and O–H groups in total. The standard InChI is InChI=1S/C16H14F3N5OS2/c1-4-6-24-13(25)9-5-7-26-12(9)22-15(24)27-14-20-10(16(17,18)19)8-11(21-14)23(2)3/h4-5,7-8H,1,6H2,2-3H3. The summed E-state index contributed by atoms with van der Waals surface area (Å²) in [5, 5.41) is 2.25. The van der Waals surface area contributed by atoms with Gasteiger partial charge in [-0.3, -0.25) is 9.36 Å². The minimum atomic E-state index is -4.62. The third kappa shape index (κ3) is 3.98. The highest BCUT2D eigenvalue weighted by molar-refractivity contribution is 7.99. The Kier molecular flexibility index (Phi) is 5.24. The number of allylic oxidation sites excluding steroid dienone is 1. The van der Waals surface area contributed by atoms with E-state index in [0.29, 0.717) is 10.2 Å². The minimum absolute atomic E-state index is 0.106. The second-order valence-corrected chi connectivity index (χ2v) is 7.46. The number of nitrogens with zero attached hydrogens (tertiary/aromatic N) is 5. The van der Waals surface area contributed by atoms with Gasteiger partial charge in [0.25, 0.3) is 5.56 Å². The molecule has 0 amide bonds. The summed E-state index contributed by atoms with van der Waals surface area (Å²) in [4.78, 5) is 26.7. The largest absolute Gasteiger partial charge is 0.433 e. The van der Waals surface area contributed by atoms with Gasteiger partial charge in [0, 0.05) is 26.7 Å². The number of thiophene rings is 1. The molecule has 0 saturated heterocycles. The number of aromatic nitrogens is 4. The van der Waals surface area contributed by atoms with Gasteiger partial charge in [-0.2, -0.15) is 13.2 Å². The predicted octanol–water partition coefficient (Wildman–Crippen LogP) is 3.67. The van der Waals surface area contributed by atoms with Gasteiger partial charge >= 0.3 is 6.18 Å². The van der Waals surface area contributed by atoms with Crippen molar-refractivity contribution in [1.29, 1.82) is 0 Å². The molecular weight excluding hydrogens is 399 g/mol. The first-order valence-electron chi connectivity index (χ1n) is 7.61. The Balaban J connectivity index is 2.14. The molecule has 0 aliphatic carbocycles. The topological polar surface area (TPSA) is 63.9 Å².